The smallest absolute Gasteiger partial charge is 0.0549 e. The van der Waals surface area contributed by atoms with Crippen LogP contribution in [-0.2, 0) is 6.54 Å². The molecule has 0 aliphatic carbocycles. The Morgan fingerprint density at radius 1 is 1.05 bits per heavy atom. The van der Waals surface area contributed by atoms with Crippen LogP contribution >= 0.6 is 11.6 Å². The predicted octanol–water partition coefficient (Wildman–Crippen LogP) is 3.90. The highest BCUT2D eigenvalue weighted by molar-refractivity contribution is 6.30. The monoisotopic (exact) mass is 301 g/mol. The second-order valence-electron chi connectivity index (χ2n) is 6.30. The molecule has 4 rings (SSSR count). The summed E-state index contributed by atoms with van der Waals surface area (Å²) in [6.07, 6.45) is 9.12. The van der Waals surface area contributed by atoms with Crippen molar-refractivity contribution in [2.75, 3.05) is 0 Å². The third kappa shape index (κ3) is 2.60. The zero-order valence-corrected chi connectivity index (χ0v) is 12.8. The van der Waals surface area contributed by atoms with Crippen LogP contribution in [0, 0.1) is 0 Å². The van der Waals surface area contributed by atoms with E-state index in [4.69, 9.17) is 11.6 Å². The standard InChI is InChI=1S/C17H20ClN3/c18-14-4-2-13(3-5-14)12-20-15-6-7-16(20)11-17(10-15)21-9-1-8-19-21/h1-5,8-9,15-17H,6-7,10-12H2. The largest absolute Gasteiger partial charge is 0.293 e. The maximum absolute atomic E-state index is 5.98. The Bertz CT molecular complexity index is 579. The molecule has 110 valence electrons. The van der Waals surface area contributed by atoms with E-state index in [-0.39, 0.29) is 0 Å². The number of aromatic nitrogens is 2. The van der Waals surface area contributed by atoms with Gasteiger partial charge in [0.1, 0.15) is 0 Å². The number of benzene rings is 1. The van der Waals surface area contributed by atoms with E-state index in [1.54, 1.807) is 0 Å². The van der Waals surface area contributed by atoms with Gasteiger partial charge in [-0.3, -0.25) is 9.58 Å². The number of nitrogens with zero attached hydrogens (tertiary/aromatic N) is 3. The summed E-state index contributed by atoms with van der Waals surface area (Å²) in [5.74, 6) is 0. The Kier molecular flexibility index (Phi) is 3.48. The van der Waals surface area contributed by atoms with E-state index in [9.17, 15) is 0 Å². The summed E-state index contributed by atoms with van der Waals surface area (Å²) in [4.78, 5) is 2.70. The quantitative estimate of drug-likeness (QED) is 0.857. The Labute approximate surface area is 130 Å². The van der Waals surface area contributed by atoms with Gasteiger partial charge < -0.3 is 0 Å². The molecule has 0 radical (unpaired) electrons. The normalized spacial score (nSPS) is 28.9. The molecular weight excluding hydrogens is 282 g/mol. The van der Waals surface area contributed by atoms with Crippen molar-refractivity contribution in [3.05, 3.63) is 53.3 Å². The molecule has 2 aromatic rings. The molecule has 4 heteroatoms. The second kappa shape index (κ2) is 5.47. The highest BCUT2D eigenvalue weighted by Crippen LogP contribution is 2.41. The number of hydrogen-bond donors (Lipinski definition) is 0. The minimum Gasteiger partial charge on any atom is -0.293 e. The van der Waals surface area contributed by atoms with Crippen LogP contribution in [0.1, 0.15) is 37.3 Å². The first-order valence-corrected chi connectivity index (χ1v) is 8.17. The SMILES string of the molecule is Clc1ccc(CN2C3CCC2CC(n2cccn2)C3)cc1. The van der Waals surface area contributed by atoms with E-state index in [1.807, 2.05) is 24.4 Å². The maximum atomic E-state index is 5.98. The van der Waals surface area contributed by atoms with Crippen LogP contribution in [0.3, 0.4) is 0 Å². The second-order valence-corrected chi connectivity index (χ2v) is 6.73. The van der Waals surface area contributed by atoms with Gasteiger partial charge in [-0.05, 0) is 49.4 Å². The van der Waals surface area contributed by atoms with E-state index >= 15 is 0 Å². The summed E-state index contributed by atoms with van der Waals surface area (Å²) in [5, 5.41) is 5.26. The van der Waals surface area contributed by atoms with Gasteiger partial charge in [0.2, 0.25) is 0 Å². The molecule has 2 bridgehead atoms. The average Bonchev–Trinajstić information content (AvgIpc) is 3.09. The topological polar surface area (TPSA) is 21.1 Å². The number of piperidine rings is 1. The van der Waals surface area contributed by atoms with Gasteiger partial charge in [-0.15, -0.1) is 0 Å². The van der Waals surface area contributed by atoms with E-state index in [0.29, 0.717) is 18.1 Å². The lowest BCUT2D eigenvalue weighted by Crippen LogP contribution is -2.42. The summed E-state index contributed by atoms with van der Waals surface area (Å²) in [7, 11) is 0. The molecule has 2 aliphatic heterocycles. The van der Waals surface area contributed by atoms with Crippen molar-refractivity contribution in [1.29, 1.82) is 0 Å². The molecule has 0 N–H and O–H groups in total. The van der Waals surface area contributed by atoms with Crippen molar-refractivity contribution >= 4 is 11.6 Å². The van der Waals surface area contributed by atoms with Crippen molar-refractivity contribution in [2.45, 2.75) is 50.4 Å². The molecule has 3 nitrogen and oxygen atoms in total. The zero-order valence-electron chi connectivity index (χ0n) is 12.0. The molecule has 2 atom stereocenters. The molecule has 3 heterocycles. The third-order valence-corrected chi connectivity index (χ3v) is 5.29. The number of fused-ring (bicyclic) bond motifs is 2. The number of halogens is 1. The molecule has 21 heavy (non-hydrogen) atoms. The van der Waals surface area contributed by atoms with Crippen LogP contribution in [0.25, 0.3) is 0 Å². The Morgan fingerprint density at radius 3 is 2.38 bits per heavy atom. The first-order valence-electron chi connectivity index (χ1n) is 7.79. The Morgan fingerprint density at radius 2 is 1.76 bits per heavy atom. The molecular formula is C17H20ClN3. The van der Waals surface area contributed by atoms with E-state index in [1.165, 1.54) is 31.2 Å². The minimum atomic E-state index is 0.582. The lowest BCUT2D eigenvalue weighted by molar-refractivity contribution is 0.0951. The molecule has 0 saturated carbocycles. The fraction of sp³-hybridized carbons (Fsp3) is 0.471. The van der Waals surface area contributed by atoms with Crippen molar-refractivity contribution in [1.82, 2.24) is 14.7 Å². The molecule has 2 saturated heterocycles. The van der Waals surface area contributed by atoms with Crippen LogP contribution in [0.4, 0.5) is 0 Å². The molecule has 0 spiro atoms. The van der Waals surface area contributed by atoms with Gasteiger partial charge >= 0.3 is 0 Å². The Hall–Kier alpha value is -1.32. The van der Waals surface area contributed by atoms with E-state index < -0.39 is 0 Å². The van der Waals surface area contributed by atoms with Crippen LogP contribution in [0.15, 0.2) is 42.7 Å². The fourth-order valence-electron chi connectivity index (χ4n) is 4.02. The molecule has 1 aromatic heterocycles. The lowest BCUT2D eigenvalue weighted by atomic mass is 9.97. The van der Waals surface area contributed by atoms with Gasteiger partial charge in [-0.25, -0.2) is 0 Å². The van der Waals surface area contributed by atoms with Gasteiger partial charge in [0.25, 0.3) is 0 Å². The van der Waals surface area contributed by atoms with E-state index in [0.717, 1.165) is 11.6 Å². The first-order chi connectivity index (χ1) is 10.3. The minimum absolute atomic E-state index is 0.582. The highest BCUT2D eigenvalue weighted by Gasteiger charge is 2.41. The average molecular weight is 302 g/mol. The zero-order chi connectivity index (χ0) is 14.2. The summed E-state index contributed by atoms with van der Waals surface area (Å²) in [6.45, 7) is 1.05. The van der Waals surface area contributed by atoms with Crippen LogP contribution < -0.4 is 0 Å². The molecule has 1 aromatic carbocycles. The molecule has 2 unspecified atom stereocenters. The highest BCUT2D eigenvalue weighted by atomic mass is 35.5. The lowest BCUT2D eigenvalue weighted by Gasteiger charge is -2.39. The van der Waals surface area contributed by atoms with Crippen molar-refractivity contribution in [3.63, 3.8) is 0 Å². The number of rotatable bonds is 3. The molecule has 2 aliphatic rings. The summed E-state index contributed by atoms with van der Waals surface area (Å²) < 4.78 is 2.16. The van der Waals surface area contributed by atoms with Gasteiger partial charge in [0, 0.05) is 36.0 Å². The third-order valence-electron chi connectivity index (χ3n) is 5.04. The summed E-state index contributed by atoms with van der Waals surface area (Å²) in [5.41, 5.74) is 1.37. The van der Waals surface area contributed by atoms with Crippen molar-refractivity contribution in [3.8, 4) is 0 Å². The first kappa shape index (κ1) is 13.4. The van der Waals surface area contributed by atoms with Crippen LogP contribution in [0.2, 0.25) is 5.02 Å². The maximum Gasteiger partial charge on any atom is 0.0549 e. The van der Waals surface area contributed by atoms with Crippen LogP contribution in [0.5, 0.6) is 0 Å². The van der Waals surface area contributed by atoms with Gasteiger partial charge in [0.15, 0.2) is 0 Å². The van der Waals surface area contributed by atoms with Gasteiger partial charge in [-0.1, -0.05) is 23.7 Å². The molecule has 0 amide bonds. The van der Waals surface area contributed by atoms with Crippen molar-refractivity contribution in [2.24, 2.45) is 0 Å². The van der Waals surface area contributed by atoms with Crippen molar-refractivity contribution < 1.29 is 0 Å². The molecule has 2 fully saturated rings. The van der Waals surface area contributed by atoms with E-state index in [2.05, 4.69) is 33.0 Å². The van der Waals surface area contributed by atoms with Crippen LogP contribution in [-0.4, -0.2) is 26.8 Å². The summed E-state index contributed by atoms with van der Waals surface area (Å²) >= 11 is 5.98. The fourth-order valence-corrected chi connectivity index (χ4v) is 4.14. The summed E-state index contributed by atoms with van der Waals surface area (Å²) in [6, 6.07) is 12.3. The van der Waals surface area contributed by atoms with Gasteiger partial charge in [0.05, 0.1) is 6.04 Å². The Balaban J connectivity index is 1.48. The van der Waals surface area contributed by atoms with Gasteiger partial charge in [-0.2, -0.15) is 5.10 Å². The number of hydrogen-bond acceptors (Lipinski definition) is 2. The predicted molar refractivity (Wildman–Crippen MR) is 84.3 cm³/mol.